The molecule has 0 spiro atoms. The van der Waals surface area contributed by atoms with Crippen LogP contribution in [-0.4, -0.2) is 81.1 Å². The maximum Gasteiger partial charge on any atom is 0.237 e. The zero-order valence-corrected chi connectivity index (χ0v) is 16.9. The molecule has 0 radical (unpaired) electrons. The molecule has 1 aromatic rings. The summed E-state index contributed by atoms with van der Waals surface area (Å²) in [7, 11) is -1.42. The number of amides is 1. The summed E-state index contributed by atoms with van der Waals surface area (Å²) >= 11 is 0. The van der Waals surface area contributed by atoms with Crippen LogP contribution in [0.5, 0.6) is 0 Å². The van der Waals surface area contributed by atoms with Gasteiger partial charge in [-0.25, -0.2) is 8.42 Å². The number of nitrogens with zero attached hydrogens (tertiary/aromatic N) is 2. The van der Waals surface area contributed by atoms with Gasteiger partial charge < -0.3 is 9.64 Å². The molecule has 2 fully saturated rings. The molecule has 0 N–H and O–H groups in total. The molecule has 1 aromatic carbocycles. The summed E-state index contributed by atoms with van der Waals surface area (Å²) in [5, 5.41) is 0. The van der Waals surface area contributed by atoms with Crippen molar-refractivity contribution in [3.63, 3.8) is 0 Å². The Balaban J connectivity index is 1.63. The number of ether oxygens (including phenoxy) is 1. The maximum absolute atomic E-state index is 13.0. The molecule has 2 aliphatic heterocycles. The number of likely N-dealkylation sites (tertiary alicyclic amines) is 1. The molecular weight excluding hydrogens is 364 g/mol. The number of hydrogen-bond donors (Lipinski definition) is 0. The van der Waals surface area contributed by atoms with E-state index >= 15 is 0 Å². The Hall–Kier alpha value is -1.44. The van der Waals surface area contributed by atoms with E-state index in [1.54, 1.807) is 12.0 Å². The number of carbonyl (C=O) groups is 1. The molecule has 2 saturated heterocycles. The fourth-order valence-corrected chi connectivity index (χ4v) is 5.94. The molecule has 7 heteroatoms. The van der Waals surface area contributed by atoms with Crippen molar-refractivity contribution >= 4 is 15.7 Å². The van der Waals surface area contributed by atoms with Crippen LogP contribution in [0.4, 0.5) is 0 Å². The predicted octanol–water partition coefficient (Wildman–Crippen LogP) is 1.36. The van der Waals surface area contributed by atoms with Gasteiger partial charge in [-0.1, -0.05) is 30.3 Å². The molecule has 1 amide bonds. The van der Waals surface area contributed by atoms with E-state index in [2.05, 4.69) is 17.0 Å². The first-order chi connectivity index (χ1) is 13.0. The molecule has 150 valence electrons. The van der Waals surface area contributed by atoms with Crippen molar-refractivity contribution in [3.8, 4) is 0 Å². The summed E-state index contributed by atoms with van der Waals surface area (Å²) in [5.74, 6) is 0.277. The summed E-state index contributed by atoms with van der Waals surface area (Å²) < 4.78 is 28.9. The number of carbonyl (C=O) groups excluding carboxylic acids is 1. The van der Waals surface area contributed by atoms with Crippen molar-refractivity contribution in [3.05, 3.63) is 35.9 Å². The third kappa shape index (κ3) is 5.53. The lowest BCUT2D eigenvalue weighted by atomic mass is 10.0. The molecule has 27 heavy (non-hydrogen) atoms. The van der Waals surface area contributed by atoms with E-state index in [-0.39, 0.29) is 23.5 Å². The molecular formula is C20H30N2O4S. The molecule has 3 rings (SSSR count). The van der Waals surface area contributed by atoms with Gasteiger partial charge in [0.1, 0.15) is 0 Å². The molecule has 2 unspecified atom stereocenters. The fourth-order valence-electron chi connectivity index (χ4n) is 4.21. The standard InChI is InChI=1S/C20H30N2O4S/c1-26-12-11-22(19-9-13-27(24,25)16-19)20(23)15-21-10-5-8-18(21)14-17-6-3-2-4-7-17/h2-4,6-7,18-19H,5,8-16H2,1H3. The Morgan fingerprint density at radius 3 is 2.70 bits per heavy atom. The average Bonchev–Trinajstić information content (AvgIpc) is 3.22. The second-order valence-electron chi connectivity index (χ2n) is 7.59. The van der Waals surface area contributed by atoms with Crippen LogP contribution in [0.25, 0.3) is 0 Å². The van der Waals surface area contributed by atoms with E-state index in [1.165, 1.54) is 5.56 Å². The largest absolute Gasteiger partial charge is 0.383 e. The molecule has 2 aliphatic rings. The first-order valence-electron chi connectivity index (χ1n) is 9.75. The molecule has 0 aliphatic carbocycles. The van der Waals surface area contributed by atoms with Crippen LogP contribution >= 0.6 is 0 Å². The van der Waals surface area contributed by atoms with Crippen LogP contribution in [0.1, 0.15) is 24.8 Å². The van der Waals surface area contributed by atoms with E-state index in [0.29, 0.717) is 32.2 Å². The Morgan fingerprint density at radius 1 is 1.26 bits per heavy atom. The summed E-state index contributed by atoms with van der Waals surface area (Å²) in [6.07, 6.45) is 3.67. The minimum absolute atomic E-state index is 0.0223. The number of rotatable bonds is 8. The van der Waals surface area contributed by atoms with Gasteiger partial charge in [0.25, 0.3) is 0 Å². The first-order valence-corrected chi connectivity index (χ1v) is 11.6. The van der Waals surface area contributed by atoms with Crippen molar-refractivity contribution in [1.82, 2.24) is 9.80 Å². The zero-order valence-electron chi connectivity index (χ0n) is 16.0. The lowest BCUT2D eigenvalue weighted by Gasteiger charge is -2.31. The Labute approximate surface area is 162 Å². The minimum Gasteiger partial charge on any atom is -0.383 e. The monoisotopic (exact) mass is 394 g/mol. The highest BCUT2D eigenvalue weighted by molar-refractivity contribution is 7.91. The second kappa shape index (κ2) is 9.17. The highest BCUT2D eigenvalue weighted by Crippen LogP contribution is 2.23. The van der Waals surface area contributed by atoms with Crippen molar-refractivity contribution in [2.75, 3.05) is 44.9 Å². The lowest BCUT2D eigenvalue weighted by molar-refractivity contribution is -0.135. The van der Waals surface area contributed by atoms with Crippen LogP contribution < -0.4 is 0 Å². The van der Waals surface area contributed by atoms with Gasteiger partial charge in [0, 0.05) is 25.7 Å². The third-order valence-corrected chi connectivity index (χ3v) is 7.41. The van der Waals surface area contributed by atoms with E-state index in [9.17, 15) is 13.2 Å². The predicted molar refractivity (Wildman–Crippen MR) is 105 cm³/mol. The van der Waals surface area contributed by atoms with Crippen molar-refractivity contribution < 1.29 is 17.9 Å². The van der Waals surface area contributed by atoms with Gasteiger partial charge >= 0.3 is 0 Å². The summed E-state index contributed by atoms with van der Waals surface area (Å²) in [6, 6.07) is 10.5. The maximum atomic E-state index is 13.0. The Morgan fingerprint density at radius 2 is 2.04 bits per heavy atom. The van der Waals surface area contributed by atoms with Gasteiger partial charge in [0.15, 0.2) is 9.84 Å². The first kappa shape index (κ1) is 20.3. The summed E-state index contributed by atoms with van der Waals surface area (Å²) in [6.45, 7) is 2.16. The van der Waals surface area contributed by atoms with Crippen LogP contribution in [0.3, 0.4) is 0 Å². The van der Waals surface area contributed by atoms with Gasteiger partial charge in [0.05, 0.1) is 24.7 Å². The Kier molecular flexibility index (Phi) is 6.89. The van der Waals surface area contributed by atoms with Crippen LogP contribution in [0, 0.1) is 0 Å². The quantitative estimate of drug-likeness (QED) is 0.666. The van der Waals surface area contributed by atoms with Gasteiger partial charge in [0.2, 0.25) is 5.91 Å². The normalized spacial score (nSPS) is 24.9. The summed E-state index contributed by atoms with van der Waals surface area (Å²) in [4.78, 5) is 17.0. The van der Waals surface area contributed by atoms with E-state index < -0.39 is 9.84 Å². The highest BCUT2D eigenvalue weighted by atomic mass is 32.2. The van der Waals surface area contributed by atoms with E-state index in [1.807, 2.05) is 18.2 Å². The number of benzene rings is 1. The average molecular weight is 395 g/mol. The molecule has 0 aromatic heterocycles. The van der Waals surface area contributed by atoms with Crippen LogP contribution in [0.15, 0.2) is 30.3 Å². The SMILES string of the molecule is COCCN(C(=O)CN1CCCC1Cc1ccccc1)C1CCS(=O)(=O)C1. The van der Waals surface area contributed by atoms with Crippen LogP contribution in [0.2, 0.25) is 0 Å². The van der Waals surface area contributed by atoms with Crippen molar-refractivity contribution in [1.29, 1.82) is 0 Å². The smallest absolute Gasteiger partial charge is 0.237 e. The van der Waals surface area contributed by atoms with E-state index in [0.717, 1.165) is 25.8 Å². The number of methoxy groups -OCH3 is 1. The Bertz CT molecular complexity index is 723. The molecule has 2 atom stereocenters. The van der Waals surface area contributed by atoms with Crippen molar-refractivity contribution in [2.24, 2.45) is 0 Å². The van der Waals surface area contributed by atoms with E-state index in [4.69, 9.17) is 4.74 Å². The number of hydrogen-bond acceptors (Lipinski definition) is 5. The fraction of sp³-hybridized carbons (Fsp3) is 0.650. The van der Waals surface area contributed by atoms with Gasteiger partial charge in [-0.3, -0.25) is 9.69 Å². The zero-order chi connectivity index (χ0) is 19.3. The van der Waals surface area contributed by atoms with Gasteiger partial charge in [-0.2, -0.15) is 0 Å². The second-order valence-corrected chi connectivity index (χ2v) is 9.82. The topological polar surface area (TPSA) is 66.9 Å². The van der Waals surface area contributed by atoms with Gasteiger partial charge in [-0.05, 0) is 37.8 Å². The van der Waals surface area contributed by atoms with Crippen LogP contribution in [-0.2, 0) is 25.8 Å². The lowest BCUT2D eigenvalue weighted by Crippen LogP contribution is -2.48. The van der Waals surface area contributed by atoms with Gasteiger partial charge in [-0.15, -0.1) is 0 Å². The summed E-state index contributed by atoms with van der Waals surface area (Å²) in [5.41, 5.74) is 1.29. The highest BCUT2D eigenvalue weighted by Gasteiger charge is 2.36. The third-order valence-electron chi connectivity index (χ3n) is 5.66. The molecule has 2 heterocycles. The number of sulfone groups is 1. The molecule has 0 bridgehead atoms. The molecule has 6 nitrogen and oxygen atoms in total. The van der Waals surface area contributed by atoms with Crippen molar-refractivity contribution in [2.45, 2.75) is 37.8 Å². The molecule has 0 saturated carbocycles. The minimum atomic E-state index is -3.03.